The number of nitrogens with one attached hydrogen (secondary N) is 1. The number of benzene rings is 1. The van der Waals surface area contributed by atoms with E-state index in [9.17, 15) is 4.91 Å². The number of nitroso groups, excluding NO2 is 1. The highest BCUT2D eigenvalue weighted by molar-refractivity contribution is 5.63. The Bertz CT molecular complexity index is 387. The zero-order valence-corrected chi connectivity index (χ0v) is 10.1. The molecule has 0 unspecified atom stereocenters. The number of hydrogen-bond acceptors (Lipinski definition) is 4. The third kappa shape index (κ3) is 2.39. The van der Waals surface area contributed by atoms with Crippen LogP contribution in [0.1, 0.15) is 50.7 Å². The van der Waals surface area contributed by atoms with Crippen LogP contribution in [0.15, 0.2) is 17.3 Å². The third-order valence-corrected chi connectivity index (χ3v) is 2.66. The Hall–Kier alpha value is -1.42. The van der Waals surface area contributed by atoms with Crippen LogP contribution < -0.4 is 5.48 Å². The monoisotopic (exact) mass is 222 g/mol. The lowest BCUT2D eigenvalue weighted by atomic mass is 9.93. The highest BCUT2D eigenvalue weighted by Gasteiger charge is 2.14. The van der Waals surface area contributed by atoms with Crippen LogP contribution in [0.2, 0.25) is 0 Å². The standard InChI is InChI=1S/C12H18N2O2/c1-7(2)9-5-12(14-16)10(8(3)4)6-11(9)13-15/h5-8,13,15H,1-4H3. The van der Waals surface area contributed by atoms with Crippen LogP contribution in [0.25, 0.3) is 0 Å². The van der Waals surface area contributed by atoms with Crippen LogP contribution in [0.3, 0.4) is 0 Å². The summed E-state index contributed by atoms with van der Waals surface area (Å²) in [5.74, 6) is 0.414. The van der Waals surface area contributed by atoms with Gasteiger partial charge < -0.3 is 0 Å². The lowest BCUT2D eigenvalue weighted by molar-refractivity contribution is 0.387. The van der Waals surface area contributed by atoms with Crippen molar-refractivity contribution >= 4 is 11.4 Å². The van der Waals surface area contributed by atoms with Crippen molar-refractivity contribution < 1.29 is 5.21 Å². The number of hydrogen-bond donors (Lipinski definition) is 2. The Balaban J connectivity index is 3.40. The predicted molar refractivity (Wildman–Crippen MR) is 65.5 cm³/mol. The summed E-state index contributed by atoms with van der Waals surface area (Å²) in [4.78, 5) is 10.8. The molecule has 0 amide bonds. The summed E-state index contributed by atoms with van der Waals surface area (Å²) in [6.45, 7) is 7.97. The molecule has 1 aromatic rings. The van der Waals surface area contributed by atoms with Gasteiger partial charge in [0.05, 0.1) is 5.69 Å². The van der Waals surface area contributed by atoms with Crippen molar-refractivity contribution in [2.24, 2.45) is 5.18 Å². The molecular weight excluding hydrogens is 204 g/mol. The molecule has 0 spiro atoms. The maximum absolute atomic E-state index is 10.8. The first-order valence-electron chi connectivity index (χ1n) is 5.42. The molecule has 0 atom stereocenters. The first kappa shape index (κ1) is 12.6. The maximum atomic E-state index is 10.8. The molecule has 0 aromatic heterocycles. The second-order valence-corrected chi connectivity index (χ2v) is 4.51. The first-order valence-corrected chi connectivity index (χ1v) is 5.42. The SMILES string of the molecule is CC(C)c1cc(NO)c(C(C)C)cc1N=O. The minimum Gasteiger partial charge on any atom is -0.291 e. The summed E-state index contributed by atoms with van der Waals surface area (Å²) in [5, 5.41) is 12.1. The van der Waals surface area contributed by atoms with Gasteiger partial charge in [-0.3, -0.25) is 10.7 Å². The minimum atomic E-state index is 0.195. The predicted octanol–water partition coefficient (Wildman–Crippen LogP) is 4.13. The van der Waals surface area contributed by atoms with Crippen LogP contribution in [-0.4, -0.2) is 5.21 Å². The van der Waals surface area contributed by atoms with E-state index < -0.39 is 0 Å². The molecule has 88 valence electrons. The molecule has 2 N–H and O–H groups in total. The summed E-state index contributed by atoms with van der Waals surface area (Å²) in [6.07, 6.45) is 0. The summed E-state index contributed by atoms with van der Waals surface area (Å²) in [7, 11) is 0. The van der Waals surface area contributed by atoms with Crippen LogP contribution in [-0.2, 0) is 0 Å². The number of nitrogens with zero attached hydrogens (tertiary/aromatic N) is 1. The van der Waals surface area contributed by atoms with Gasteiger partial charge in [0.25, 0.3) is 0 Å². The fourth-order valence-corrected chi connectivity index (χ4v) is 1.74. The largest absolute Gasteiger partial charge is 0.291 e. The lowest BCUT2D eigenvalue weighted by Gasteiger charge is -2.16. The molecule has 0 aliphatic heterocycles. The van der Waals surface area contributed by atoms with Gasteiger partial charge in [0.15, 0.2) is 0 Å². The molecule has 0 fully saturated rings. The van der Waals surface area contributed by atoms with Gasteiger partial charge in [-0.2, -0.15) is 0 Å². The van der Waals surface area contributed by atoms with Gasteiger partial charge in [-0.05, 0) is 40.3 Å². The van der Waals surface area contributed by atoms with Gasteiger partial charge >= 0.3 is 0 Å². The van der Waals surface area contributed by atoms with E-state index in [0.717, 1.165) is 11.1 Å². The molecule has 0 bridgehead atoms. The molecule has 0 saturated carbocycles. The van der Waals surface area contributed by atoms with Crippen molar-refractivity contribution in [3.63, 3.8) is 0 Å². The second kappa shape index (κ2) is 5.07. The molecule has 0 heterocycles. The van der Waals surface area contributed by atoms with Gasteiger partial charge in [-0.15, -0.1) is 4.91 Å². The van der Waals surface area contributed by atoms with Crippen LogP contribution >= 0.6 is 0 Å². The topological polar surface area (TPSA) is 61.7 Å². The summed E-state index contributed by atoms with van der Waals surface area (Å²) in [6, 6.07) is 3.53. The van der Waals surface area contributed by atoms with Gasteiger partial charge in [-0.25, -0.2) is 0 Å². The van der Waals surface area contributed by atoms with Crippen molar-refractivity contribution in [1.29, 1.82) is 0 Å². The second-order valence-electron chi connectivity index (χ2n) is 4.51. The average Bonchev–Trinajstić information content (AvgIpc) is 2.26. The van der Waals surface area contributed by atoms with Crippen molar-refractivity contribution in [3.05, 3.63) is 28.2 Å². The van der Waals surface area contributed by atoms with Gasteiger partial charge in [-0.1, -0.05) is 27.7 Å². The Kier molecular flexibility index (Phi) is 4.01. The van der Waals surface area contributed by atoms with Crippen LogP contribution in [0, 0.1) is 4.91 Å². The molecule has 0 radical (unpaired) electrons. The molecule has 16 heavy (non-hydrogen) atoms. The maximum Gasteiger partial charge on any atom is 0.111 e. The molecule has 1 aromatic carbocycles. The average molecular weight is 222 g/mol. The van der Waals surface area contributed by atoms with E-state index in [1.165, 1.54) is 0 Å². The molecular formula is C12H18N2O2. The Labute approximate surface area is 95.6 Å². The zero-order valence-electron chi connectivity index (χ0n) is 10.1. The number of anilines is 1. The number of rotatable bonds is 4. The minimum absolute atomic E-state index is 0.195. The van der Waals surface area contributed by atoms with Crippen LogP contribution in [0.5, 0.6) is 0 Å². The summed E-state index contributed by atoms with van der Waals surface area (Å²) < 4.78 is 0. The highest BCUT2D eigenvalue weighted by Crippen LogP contribution is 2.35. The Morgan fingerprint density at radius 3 is 2.06 bits per heavy atom. The normalized spacial score (nSPS) is 10.9. The van der Waals surface area contributed by atoms with Gasteiger partial charge in [0, 0.05) is 0 Å². The quantitative estimate of drug-likeness (QED) is 0.594. The van der Waals surface area contributed by atoms with Crippen LogP contribution in [0.4, 0.5) is 11.4 Å². The lowest BCUT2D eigenvalue weighted by Crippen LogP contribution is -2.00. The Morgan fingerprint density at radius 1 is 1.12 bits per heavy atom. The Morgan fingerprint density at radius 2 is 1.69 bits per heavy atom. The summed E-state index contributed by atoms with van der Waals surface area (Å²) >= 11 is 0. The molecule has 0 aliphatic carbocycles. The third-order valence-electron chi connectivity index (χ3n) is 2.66. The van der Waals surface area contributed by atoms with E-state index in [1.54, 1.807) is 12.1 Å². The van der Waals surface area contributed by atoms with E-state index >= 15 is 0 Å². The zero-order chi connectivity index (χ0) is 12.3. The van der Waals surface area contributed by atoms with E-state index in [2.05, 4.69) is 10.7 Å². The molecule has 4 heteroatoms. The van der Waals surface area contributed by atoms with Crippen molar-refractivity contribution in [2.45, 2.75) is 39.5 Å². The molecule has 0 saturated heterocycles. The highest BCUT2D eigenvalue weighted by atomic mass is 16.5. The fraction of sp³-hybridized carbons (Fsp3) is 0.500. The van der Waals surface area contributed by atoms with E-state index in [-0.39, 0.29) is 11.8 Å². The van der Waals surface area contributed by atoms with Crippen molar-refractivity contribution in [3.8, 4) is 0 Å². The smallest absolute Gasteiger partial charge is 0.111 e. The van der Waals surface area contributed by atoms with Crippen molar-refractivity contribution in [2.75, 3.05) is 5.48 Å². The van der Waals surface area contributed by atoms with E-state index in [0.29, 0.717) is 11.4 Å². The van der Waals surface area contributed by atoms with E-state index in [1.807, 2.05) is 27.7 Å². The van der Waals surface area contributed by atoms with E-state index in [4.69, 9.17) is 5.21 Å². The van der Waals surface area contributed by atoms with Gasteiger partial charge in [0.2, 0.25) is 0 Å². The molecule has 4 nitrogen and oxygen atoms in total. The summed E-state index contributed by atoms with van der Waals surface area (Å²) in [5.41, 5.74) is 5.01. The first-order chi connectivity index (χ1) is 7.51. The molecule has 1 rings (SSSR count). The molecule has 0 aliphatic rings. The fourth-order valence-electron chi connectivity index (χ4n) is 1.74. The van der Waals surface area contributed by atoms with Gasteiger partial charge in [0.1, 0.15) is 5.69 Å². The van der Waals surface area contributed by atoms with Crippen molar-refractivity contribution in [1.82, 2.24) is 0 Å².